The predicted octanol–water partition coefficient (Wildman–Crippen LogP) is 5.07. The molecule has 0 spiro atoms. The molecule has 4 heteroatoms. The van der Waals surface area contributed by atoms with Crippen LogP contribution < -0.4 is 0 Å². The summed E-state index contributed by atoms with van der Waals surface area (Å²) in [5.74, 6) is 1.09. The third-order valence-electron chi connectivity index (χ3n) is 4.25. The molecule has 0 aliphatic carbocycles. The van der Waals surface area contributed by atoms with Crippen LogP contribution in [0.15, 0.2) is 63.4 Å². The number of nitrogens with zero attached hydrogens (tertiary/aromatic N) is 3. The van der Waals surface area contributed by atoms with Crippen LogP contribution in [0.3, 0.4) is 0 Å². The van der Waals surface area contributed by atoms with Gasteiger partial charge in [-0.15, -0.1) is 0 Å². The van der Waals surface area contributed by atoms with E-state index in [4.69, 9.17) is 9.98 Å². The van der Waals surface area contributed by atoms with Gasteiger partial charge >= 0.3 is 0 Å². The van der Waals surface area contributed by atoms with E-state index >= 15 is 0 Å². The number of hydrogen-bond acceptors (Lipinski definition) is 3. The van der Waals surface area contributed by atoms with E-state index in [2.05, 4.69) is 74.2 Å². The summed E-state index contributed by atoms with van der Waals surface area (Å²) in [5.41, 5.74) is 3.62. The molecule has 0 amide bonds. The Morgan fingerprint density at radius 2 is 1.84 bits per heavy atom. The van der Waals surface area contributed by atoms with Gasteiger partial charge in [-0.3, -0.25) is 9.98 Å². The van der Waals surface area contributed by atoms with Crippen LogP contribution in [-0.4, -0.2) is 34.5 Å². The van der Waals surface area contributed by atoms with E-state index in [1.807, 2.05) is 0 Å². The molecule has 25 heavy (non-hydrogen) atoms. The first-order chi connectivity index (χ1) is 12.0. The Kier molecular flexibility index (Phi) is 4.16. The minimum Gasteiger partial charge on any atom is -0.305 e. The average molecular weight is 350 g/mol. The van der Waals surface area contributed by atoms with Crippen LogP contribution in [0, 0.1) is 0 Å². The Hall–Kier alpha value is -2.07. The van der Waals surface area contributed by atoms with Crippen molar-refractivity contribution in [1.29, 1.82) is 0 Å². The summed E-state index contributed by atoms with van der Waals surface area (Å²) in [7, 11) is 0. The smallest absolute Gasteiger partial charge is 0.170 e. The molecule has 0 saturated carbocycles. The molecule has 2 aliphatic heterocycles. The summed E-state index contributed by atoms with van der Waals surface area (Å²) in [6.07, 6.45) is 1.09. The highest BCUT2D eigenvalue weighted by molar-refractivity contribution is 8.14. The van der Waals surface area contributed by atoms with Crippen molar-refractivity contribution in [1.82, 2.24) is 4.90 Å². The van der Waals surface area contributed by atoms with Crippen molar-refractivity contribution in [2.45, 2.75) is 37.6 Å². The fourth-order valence-electron chi connectivity index (χ4n) is 3.15. The first-order valence-corrected chi connectivity index (χ1v) is 9.62. The van der Waals surface area contributed by atoms with E-state index in [9.17, 15) is 0 Å². The molecule has 0 bridgehead atoms. The zero-order valence-corrected chi connectivity index (χ0v) is 15.8. The van der Waals surface area contributed by atoms with Gasteiger partial charge in [0, 0.05) is 23.5 Å². The molecular formula is C21H23N3S. The van der Waals surface area contributed by atoms with Crippen LogP contribution in [-0.2, 0) is 0 Å². The van der Waals surface area contributed by atoms with Gasteiger partial charge in [-0.2, -0.15) is 0 Å². The molecule has 0 saturated heterocycles. The summed E-state index contributed by atoms with van der Waals surface area (Å²) in [6.45, 7) is 8.35. The lowest BCUT2D eigenvalue weighted by molar-refractivity contribution is 0.527. The van der Waals surface area contributed by atoms with E-state index in [1.165, 1.54) is 21.6 Å². The van der Waals surface area contributed by atoms with Gasteiger partial charge in [0.15, 0.2) is 5.17 Å². The maximum absolute atomic E-state index is 4.98. The van der Waals surface area contributed by atoms with Crippen molar-refractivity contribution in [2.75, 3.05) is 13.1 Å². The van der Waals surface area contributed by atoms with E-state index in [0.717, 1.165) is 30.5 Å². The second-order valence-corrected chi connectivity index (χ2v) is 8.46. The average Bonchev–Trinajstić information content (AvgIpc) is 2.61. The van der Waals surface area contributed by atoms with E-state index in [1.54, 1.807) is 11.8 Å². The van der Waals surface area contributed by atoms with Crippen LogP contribution in [0.2, 0.25) is 0 Å². The Balaban J connectivity index is 1.82. The number of benzene rings is 2. The van der Waals surface area contributed by atoms with Crippen molar-refractivity contribution in [2.24, 2.45) is 9.98 Å². The third-order valence-corrected chi connectivity index (χ3v) is 5.30. The molecule has 0 atom stereocenters. The number of fused-ring (bicyclic) bond motifs is 3. The number of amidine groups is 2. The van der Waals surface area contributed by atoms with Gasteiger partial charge in [-0.05, 0) is 50.5 Å². The third kappa shape index (κ3) is 3.36. The Bertz CT molecular complexity index is 847. The second-order valence-electron chi connectivity index (χ2n) is 7.45. The van der Waals surface area contributed by atoms with Crippen molar-refractivity contribution in [3.8, 4) is 11.1 Å². The standard InChI is InChI=1S/C21H23N3S/c1-21(2,3)23-20-24-13-7-12-22-19(24)17-11-10-16(14-18(17)25-20)15-8-5-4-6-9-15/h4-6,8-11,14H,7,12-13H2,1-3H3. The van der Waals surface area contributed by atoms with E-state index < -0.39 is 0 Å². The highest BCUT2D eigenvalue weighted by Gasteiger charge is 2.31. The lowest BCUT2D eigenvalue weighted by Gasteiger charge is -2.36. The summed E-state index contributed by atoms with van der Waals surface area (Å²) >= 11 is 1.77. The Labute approximate surface area is 153 Å². The summed E-state index contributed by atoms with van der Waals surface area (Å²) in [4.78, 5) is 13.3. The fourth-order valence-corrected chi connectivity index (χ4v) is 4.41. The first-order valence-electron chi connectivity index (χ1n) is 8.81. The van der Waals surface area contributed by atoms with E-state index in [0.29, 0.717) is 0 Å². The molecule has 3 nitrogen and oxygen atoms in total. The molecule has 2 heterocycles. The lowest BCUT2D eigenvalue weighted by Crippen LogP contribution is -2.43. The zero-order chi connectivity index (χ0) is 17.4. The van der Waals surface area contributed by atoms with Crippen LogP contribution in [0.4, 0.5) is 0 Å². The van der Waals surface area contributed by atoms with Gasteiger partial charge in [0.2, 0.25) is 0 Å². The normalized spacial score (nSPS) is 18.6. The maximum Gasteiger partial charge on any atom is 0.170 e. The van der Waals surface area contributed by atoms with Crippen LogP contribution in [0.25, 0.3) is 11.1 Å². The fraction of sp³-hybridized carbons (Fsp3) is 0.333. The molecule has 0 fully saturated rings. The van der Waals surface area contributed by atoms with E-state index in [-0.39, 0.29) is 5.54 Å². The summed E-state index contributed by atoms with van der Waals surface area (Å²) < 4.78 is 0. The van der Waals surface area contributed by atoms with Crippen molar-refractivity contribution < 1.29 is 0 Å². The Morgan fingerprint density at radius 3 is 2.60 bits per heavy atom. The van der Waals surface area contributed by atoms with Crippen LogP contribution >= 0.6 is 11.8 Å². The van der Waals surface area contributed by atoms with Gasteiger partial charge in [0.25, 0.3) is 0 Å². The largest absolute Gasteiger partial charge is 0.305 e. The highest BCUT2D eigenvalue weighted by Crippen LogP contribution is 2.37. The van der Waals surface area contributed by atoms with Crippen LogP contribution in [0.5, 0.6) is 0 Å². The maximum atomic E-state index is 4.98. The molecule has 128 valence electrons. The quantitative estimate of drug-likeness (QED) is 0.719. The monoisotopic (exact) mass is 349 g/mol. The second kappa shape index (κ2) is 6.34. The SMILES string of the molecule is CC(C)(C)N=C1Sc2cc(-c3ccccc3)ccc2C2=NCCCN12. The number of hydrogen-bond donors (Lipinski definition) is 0. The number of rotatable bonds is 1. The number of thioether (sulfide) groups is 1. The predicted molar refractivity (Wildman–Crippen MR) is 108 cm³/mol. The van der Waals surface area contributed by atoms with Crippen molar-refractivity contribution >= 4 is 22.8 Å². The minimum atomic E-state index is -0.0978. The highest BCUT2D eigenvalue weighted by atomic mass is 32.2. The lowest BCUT2D eigenvalue weighted by atomic mass is 10.0. The number of aliphatic imine (C=N–C) groups is 2. The molecule has 2 aromatic rings. The van der Waals surface area contributed by atoms with Gasteiger partial charge in [-0.25, -0.2) is 0 Å². The van der Waals surface area contributed by atoms with Crippen molar-refractivity contribution in [3.05, 3.63) is 54.1 Å². The molecule has 2 aliphatic rings. The molecule has 0 unspecified atom stereocenters. The molecular weight excluding hydrogens is 326 g/mol. The Morgan fingerprint density at radius 1 is 1.04 bits per heavy atom. The summed E-state index contributed by atoms with van der Waals surface area (Å²) in [5, 5.41) is 1.07. The van der Waals surface area contributed by atoms with Crippen molar-refractivity contribution in [3.63, 3.8) is 0 Å². The molecule has 2 aromatic carbocycles. The molecule has 0 N–H and O–H groups in total. The summed E-state index contributed by atoms with van der Waals surface area (Å²) in [6, 6.07) is 17.2. The van der Waals surface area contributed by atoms with Gasteiger partial charge < -0.3 is 4.90 Å². The van der Waals surface area contributed by atoms with Gasteiger partial charge in [0.05, 0.1) is 5.54 Å². The zero-order valence-electron chi connectivity index (χ0n) is 15.0. The molecule has 0 radical (unpaired) electrons. The minimum absolute atomic E-state index is 0.0978. The van der Waals surface area contributed by atoms with Crippen LogP contribution in [0.1, 0.15) is 32.8 Å². The van der Waals surface area contributed by atoms with Gasteiger partial charge in [0.1, 0.15) is 5.84 Å². The first kappa shape index (κ1) is 16.4. The topological polar surface area (TPSA) is 28.0 Å². The molecule has 0 aromatic heterocycles. The van der Waals surface area contributed by atoms with Gasteiger partial charge in [-0.1, -0.05) is 48.2 Å². The molecule has 4 rings (SSSR count).